The third-order valence-electron chi connectivity index (χ3n) is 6.19. The molecule has 0 bridgehead atoms. The number of aromatic nitrogens is 1. The second kappa shape index (κ2) is 10.2. The number of fused-ring (bicyclic) bond motifs is 2. The molecule has 1 amide bonds. The number of nitrogens with zero attached hydrogens (tertiary/aromatic N) is 2. The molecule has 0 fully saturated rings. The van der Waals surface area contributed by atoms with Crippen LogP contribution in [0.5, 0.6) is 5.75 Å². The van der Waals surface area contributed by atoms with Crippen molar-refractivity contribution in [2.75, 3.05) is 18.1 Å². The van der Waals surface area contributed by atoms with E-state index in [-0.39, 0.29) is 28.5 Å². The molecule has 190 valence electrons. The molecule has 1 aliphatic rings. The third kappa shape index (κ3) is 4.40. The number of carbonyl (C=O) groups is 2. The van der Waals surface area contributed by atoms with Crippen molar-refractivity contribution in [2.45, 2.75) is 39.7 Å². The maximum absolute atomic E-state index is 13.8. The minimum atomic E-state index is -0.784. The highest BCUT2D eigenvalue weighted by Crippen LogP contribution is 2.43. The van der Waals surface area contributed by atoms with Crippen LogP contribution in [0.15, 0.2) is 57.7 Å². The van der Waals surface area contributed by atoms with E-state index in [0.29, 0.717) is 39.5 Å². The van der Waals surface area contributed by atoms with Gasteiger partial charge in [-0.1, -0.05) is 48.9 Å². The Morgan fingerprint density at radius 3 is 2.59 bits per heavy atom. The number of hydrogen-bond acceptors (Lipinski definition) is 8. The Bertz CT molecular complexity index is 1540. The van der Waals surface area contributed by atoms with E-state index in [1.165, 1.54) is 4.90 Å². The highest BCUT2D eigenvalue weighted by Gasteiger charge is 2.45. The summed E-state index contributed by atoms with van der Waals surface area (Å²) in [5.74, 6) is -0.315. The summed E-state index contributed by atoms with van der Waals surface area (Å²) in [5, 5.41) is 0.677. The first kappa shape index (κ1) is 24.7. The van der Waals surface area contributed by atoms with Gasteiger partial charge in [0.1, 0.15) is 16.2 Å². The molecular weight excluding hydrogens is 492 g/mol. The summed E-state index contributed by atoms with van der Waals surface area (Å²) in [4.78, 5) is 46.2. The fourth-order valence-corrected chi connectivity index (χ4v) is 5.37. The lowest BCUT2D eigenvalue weighted by molar-refractivity contribution is 0.0531. The molecular formula is C28H26N2O6S. The van der Waals surface area contributed by atoms with Gasteiger partial charge in [0.15, 0.2) is 10.6 Å². The quantitative estimate of drug-likeness (QED) is 0.219. The van der Waals surface area contributed by atoms with Crippen LogP contribution in [-0.2, 0) is 4.74 Å². The summed E-state index contributed by atoms with van der Waals surface area (Å²) in [6, 6.07) is 13.4. The number of thiazole rings is 1. The van der Waals surface area contributed by atoms with E-state index in [1.54, 1.807) is 38.1 Å². The standard InChI is InChI=1S/C28H26N2O6S/c1-4-6-15-35-18-13-11-17(12-14-18)22-21-23(31)19-9-7-8-10-20(19)36-24(21)26(32)30(22)28-29-16(3)25(37-28)27(33)34-5-2/h7-14,22H,4-6,15H2,1-3H3. The van der Waals surface area contributed by atoms with Crippen molar-refractivity contribution in [2.24, 2.45) is 0 Å². The van der Waals surface area contributed by atoms with Gasteiger partial charge in [-0.25, -0.2) is 9.78 Å². The summed E-state index contributed by atoms with van der Waals surface area (Å²) < 4.78 is 16.9. The molecule has 0 radical (unpaired) electrons. The number of carbonyl (C=O) groups excluding carboxylic acids is 2. The topological polar surface area (TPSA) is 98.9 Å². The van der Waals surface area contributed by atoms with Crippen molar-refractivity contribution in [3.8, 4) is 5.75 Å². The number of rotatable bonds is 8. The molecule has 9 heteroatoms. The Labute approximate surface area is 217 Å². The van der Waals surface area contributed by atoms with E-state index in [0.717, 1.165) is 24.2 Å². The van der Waals surface area contributed by atoms with Crippen molar-refractivity contribution < 1.29 is 23.5 Å². The fraction of sp³-hybridized carbons (Fsp3) is 0.286. The average Bonchev–Trinajstić information content (AvgIpc) is 3.42. The van der Waals surface area contributed by atoms with Crippen LogP contribution in [-0.4, -0.2) is 30.1 Å². The SMILES string of the molecule is CCCCOc1ccc(C2c3c(oc4ccccc4c3=O)C(=O)N2c2nc(C)c(C(=O)OCC)s2)cc1. The van der Waals surface area contributed by atoms with Crippen LogP contribution in [0.25, 0.3) is 11.0 Å². The number of unbranched alkanes of at least 4 members (excludes halogenated alkanes) is 1. The summed E-state index contributed by atoms with van der Waals surface area (Å²) in [6.07, 6.45) is 1.97. The molecule has 0 aliphatic carbocycles. The lowest BCUT2D eigenvalue weighted by Gasteiger charge is -2.22. The minimum absolute atomic E-state index is 0.0255. The first-order valence-electron chi connectivity index (χ1n) is 12.2. The van der Waals surface area contributed by atoms with Crippen LogP contribution in [0.2, 0.25) is 0 Å². The molecule has 2 aromatic carbocycles. The molecule has 1 aliphatic heterocycles. The van der Waals surface area contributed by atoms with Gasteiger partial charge in [-0.2, -0.15) is 0 Å². The van der Waals surface area contributed by atoms with Crippen LogP contribution in [0, 0.1) is 6.92 Å². The van der Waals surface area contributed by atoms with Gasteiger partial charge in [-0.3, -0.25) is 14.5 Å². The summed E-state index contributed by atoms with van der Waals surface area (Å²) in [7, 11) is 0. The zero-order chi connectivity index (χ0) is 26.1. The van der Waals surface area contributed by atoms with E-state index >= 15 is 0 Å². The minimum Gasteiger partial charge on any atom is -0.494 e. The fourth-order valence-electron chi connectivity index (χ4n) is 4.38. The lowest BCUT2D eigenvalue weighted by Crippen LogP contribution is -2.29. The molecule has 0 saturated carbocycles. The van der Waals surface area contributed by atoms with Crippen LogP contribution in [0.4, 0.5) is 5.13 Å². The van der Waals surface area contributed by atoms with Crippen LogP contribution < -0.4 is 15.1 Å². The van der Waals surface area contributed by atoms with Crippen molar-refractivity contribution in [3.05, 3.63) is 86.2 Å². The molecule has 2 aromatic heterocycles. The van der Waals surface area contributed by atoms with Crippen molar-refractivity contribution in [3.63, 3.8) is 0 Å². The molecule has 0 saturated heterocycles. The van der Waals surface area contributed by atoms with Crippen LogP contribution in [0.1, 0.15) is 69.8 Å². The number of benzene rings is 2. The molecule has 0 spiro atoms. The highest BCUT2D eigenvalue weighted by molar-refractivity contribution is 7.17. The molecule has 1 unspecified atom stereocenters. The molecule has 3 heterocycles. The van der Waals surface area contributed by atoms with Gasteiger partial charge in [0.2, 0.25) is 5.76 Å². The van der Waals surface area contributed by atoms with Gasteiger partial charge in [0, 0.05) is 0 Å². The normalized spacial score (nSPS) is 14.7. The van der Waals surface area contributed by atoms with Crippen LogP contribution in [0.3, 0.4) is 0 Å². The van der Waals surface area contributed by atoms with Crippen molar-refractivity contribution >= 4 is 39.3 Å². The predicted molar refractivity (Wildman–Crippen MR) is 141 cm³/mol. The molecule has 0 N–H and O–H groups in total. The van der Waals surface area contributed by atoms with E-state index in [1.807, 2.05) is 24.3 Å². The van der Waals surface area contributed by atoms with Crippen molar-refractivity contribution in [1.29, 1.82) is 0 Å². The summed E-state index contributed by atoms with van der Waals surface area (Å²) in [6.45, 7) is 6.34. The zero-order valence-corrected chi connectivity index (χ0v) is 21.6. The molecule has 4 aromatic rings. The maximum Gasteiger partial charge on any atom is 0.350 e. The molecule has 1 atom stereocenters. The Balaban J connectivity index is 1.65. The molecule has 5 rings (SSSR count). The van der Waals surface area contributed by atoms with Gasteiger partial charge in [0.25, 0.3) is 5.91 Å². The average molecular weight is 519 g/mol. The van der Waals surface area contributed by atoms with E-state index in [2.05, 4.69) is 11.9 Å². The monoisotopic (exact) mass is 518 g/mol. The Morgan fingerprint density at radius 1 is 1.11 bits per heavy atom. The Morgan fingerprint density at radius 2 is 1.86 bits per heavy atom. The number of ether oxygens (including phenoxy) is 2. The highest BCUT2D eigenvalue weighted by atomic mass is 32.1. The van der Waals surface area contributed by atoms with E-state index < -0.39 is 17.9 Å². The first-order valence-corrected chi connectivity index (χ1v) is 13.0. The number of hydrogen-bond donors (Lipinski definition) is 0. The van der Waals surface area contributed by atoms with Crippen molar-refractivity contribution in [1.82, 2.24) is 4.98 Å². The van der Waals surface area contributed by atoms with Gasteiger partial charge < -0.3 is 13.9 Å². The van der Waals surface area contributed by atoms with Gasteiger partial charge in [0.05, 0.1) is 35.9 Å². The van der Waals surface area contributed by atoms with Crippen LogP contribution >= 0.6 is 11.3 Å². The first-order chi connectivity index (χ1) is 17.9. The predicted octanol–water partition coefficient (Wildman–Crippen LogP) is 5.66. The Hall–Kier alpha value is -3.98. The maximum atomic E-state index is 13.8. The number of amides is 1. The second-order valence-electron chi connectivity index (χ2n) is 8.65. The largest absolute Gasteiger partial charge is 0.494 e. The Kier molecular flexibility index (Phi) is 6.80. The molecule has 37 heavy (non-hydrogen) atoms. The summed E-state index contributed by atoms with van der Waals surface area (Å²) >= 11 is 1.06. The number of anilines is 1. The van der Waals surface area contributed by atoms with Gasteiger partial charge >= 0.3 is 5.97 Å². The third-order valence-corrected chi connectivity index (χ3v) is 7.33. The number of esters is 1. The second-order valence-corrected chi connectivity index (χ2v) is 9.63. The van der Waals surface area contributed by atoms with Gasteiger partial charge in [-0.05, 0) is 50.1 Å². The number of aryl methyl sites for hydroxylation is 1. The number of para-hydroxylation sites is 1. The van der Waals surface area contributed by atoms with Gasteiger partial charge in [-0.15, -0.1) is 0 Å². The molecule has 8 nitrogen and oxygen atoms in total. The zero-order valence-electron chi connectivity index (χ0n) is 20.8. The van der Waals surface area contributed by atoms with E-state index in [9.17, 15) is 14.4 Å². The summed E-state index contributed by atoms with van der Waals surface area (Å²) in [5.41, 5.74) is 1.45. The smallest absolute Gasteiger partial charge is 0.350 e. The lowest BCUT2D eigenvalue weighted by atomic mass is 9.98. The van der Waals surface area contributed by atoms with E-state index in [4.69, 9.17) is 13.9 Å².